The molecular formula is C11H20O4. The van der Waals surface area contributed by atoms with Crippen LogP contribution in [0.2, 0.25) is 0 Å². The van der Waals surface area contributed by atoms with Crippen LogP contribution in [0.15, 0.2) is 0 Å². The van der Waals surface area contributed by atoms with Crippen LogP contribution in [-0.4, -0.2) is 38.0 Å². The molecular weight excluding hydrogens is 196 g/mol. The summed E-state index contributed by atoms with van der Waals surface area (Å²) in [6.07, 6.45) is 3.03. The summed E-state index contributed by atoms with van der Waals surface area (Å²) in [5.41, 5.74) is 0. The summed E-state index contributed by atoms with van der Waals surface area (Å²) >= 11 is 0. The van der Waals surface area contributed by atoms with E-state index in [0.29, 0.717) is 13.2 Å². The van der Waals surface area contributed by atoms with Crippen molar-refractivity contribution in [2.24, 2.45) is 0 Å². The minimum Gasteiger partial charge on any atom is -0.371 e. The van der Waals surface area contributed by atoms with E-state index in [9.17, 15) is 4.79 Å². The fourth-order valence-corrected chi connectivity index (χ4v) is 1.63. The van der Waals surface area contributed by atoms with Crippen molar-refractivity contribution in [3.05, 3.63) is 0 Å². The average Bonchev–Trinajstić information content (AvgIpc) is 2.18. The Hall–Kier alpha value is -0.450. The highest BCUT2D eigenvalue weighted by Gasteiger charge is 2.22. The van der Waals surface area contributed by atoms with Gasteiger partial charge in [0.1, 0.15) is 6.61 Å². The molecule has 88 valence electrons. The van der Waals surface area contributed by atoms with Crippen LogP contribution in [0.5, 0.6) is 0 Å². The molecule has 0 amide bonds. The molecule has 1 fully saturated rings. The molecule has 0 saturated carbocycles. The van der Waals surface area contributed by atoms with Gasteiger partial charge in [-0.25, -0.2) is 0 Å². The molecule has 0 aromatic heterocycles. The van der Waals surface area contributed by atoms with Gasteiger partial charge in [0.2, 0.25) is 0 Å². The van der Waals surface area contributed by atoms with Gasteiger partial charge in [-0.15, -0.1) is 0 Å². The summed E-state index contributed by atoms with van der Waals surface area (Å²) in [5, 5.41) is 0. The smallest absolute Gasteiger partial charge is 0.158 e. The van der Waals surface area contributed by atoms with Gasteiger partial charge < -0.3 is 14.2 Å². The molecule has 15 heavy (non-hydrogen) atoms. The number of hydrogen-bond acceptors (Lipinski definition) is 4. The topological polar surface area (TPSA) is 44.8 Å². The highest BCUT2D eigenvalue weighted by Crippen LogP contribution is 2.19. The lowest BCUT2D eigenvalue weighted by Crippen LogP contribution is -2.33. The van der Waals surface area contributed by atoms with E-state index in [2.05, 4.69) is 0 Å². The maximum atomic E-state index is 10.7. The van der Waals surface area contributed by atoms with Gasteiger partial charge in [-0.05, 0) is 33.1 Å². The Morgan fingerprint density at radius 2 is 2.27 bits per heavy atom. The van der Waals surface area contributed by atoms with Crippen molar-refractivity contribution in [2.75, 3.05) is 19.8 Å². The van der Waals surface area contributed by atoms with E-state index in [1.54, 1.807) is 0 Å². The van der Waals surface area contributed by atoms with Crippen molar-refractivity contribution in [3.63, 3.8) is 0 Å². The molecule has 0 aromatic rings. The summed E-state index contributed by atoms with van der Waals surface area (Å²) < 4.78 is 16.3. The second kappa shape index (κ2) is 6.93. The minimum atomic E-state index is -0.0883. The standard InChI is InChI=1S/C11H20O4/c1-3-14-11-6-4-5-10(15-11)8-13-7-9(2)12/h10-11H,3-8H2,1-2H3. The van der Waals surface area contributed by atoms with Gasteiger partial charge in [0, 0.05) is 6.61 Å². The highest BCUT2D eigenvalue weighted by atomic mass is 16.7. The van der Waals surface area contributed by atoms with Crippen molar-refractivity contribution in [1.29, 1.82) is 0 Å². The second-order valence-electron chi connectivity index (χ2n) is 3.79. The fourth-order valence-electron chi connectivity index (χ4n) is 1.63. The van der Waals surface area contributed by atoms with Gasteiger partial charge >= 0.3 is 0 Å². The molecule has 0 radical (unpaired) electrons. The molecule has 4 nitrogen and oxygen atoms in total. The fraction of sp³-hybridized carbons (Fsp3) is 0.909. The first-order chi connectivity index (χ1) is 7.22. The number of Topliss-reactive ketones (excluding diaryl/α,β-unsaturated/α-hetero) is 1. The van der Waals surface area contributed by atoms with Crippen LogP contribution in [0.3, 0.4) is 0 Å². The van der Waals surface area contributed by atoms with Crippen molar-refractivity contribution in [1.82, 2.24) is 0 Å². The molecule has 1 aliphatic heterocycles. The van der Waals surface area contributed by atoms with E-state index in [1.807, 2.05) is 6.92 Å². The van der Waals surface area contributed by atoms with Crippen LogP contribution in [0, 0.1) is 0 Å². The number of ether oxygens (including phenoxy) is 3. The van der Waals surface area contributed by atoms with E-state index in [1.165, 1.54) is 6.92 Å². The Bertz CT molecular complexity index is 191. The Labute approximate surface area is 90.9 Å². The Kier molecular flexibility index (Phi) is 5.83. The number of hydrogen-bond donors (Lipinski definition) is 0. The van der Waals surface area contributed by atoms with Crippen LogP contribution >= 0.6 is 0 Å². The molecule has 0 spiro atoms. The van der Waals surface area contributed by atoms with E-state index in [-0.39, 0.29) is 24.8 Å². The molecule has 2 atom stereocenters. The number of rotatable bonds is 6. The molecule has 1 heterocycles. The molecule has 4 heteroatoms. The minimum absolute atomic E-state index is 0.0483. The quantitative estimate of drug-likeness (QED) is 0.675. The van der Waals surface area contributed by atoms with E-state index < -0.39 is 0 Å². The number of ketones is 1. The Balaban J connectivity index is 2.15. The maximum absolute atomic E-state index is 10.7. The summed E-state index contributed by atoms with van der Waals surface area (Å²) in [7, 11) is 0. The highest BCUT2D eigenvalue weighted by molar-refractivity contribution is 5.76. The van der Waals surface area contributed by atoms with Gasteiger partial charge in [0.25, 0.3) is 0 Å². The van der Waals surface area contributed by atoms with E-state index >= 15 is 0 Å². The normalized spacial score (nSPS) is 26.5. The third-order valence-corrected chi connectivity index (χ3v) is 2.27. The zero-order chi connectivity index (χ0) is 11.1. The zero-order valence-corrected chi connectivity index (χ0v) is 9.53. The van der Waals surface area contributed by atoms with Gasteiger partial charge in [0.05, 0.1) is 12.7 Å². The largest absolute Gasteiger partial charge is 0.371 e. The first kappa shape index (κ1) is 12.6. The van der Waals surface area contributed by atoms with Gasteiger partial charge in [-0.2, -0.15) is 0 Å². The van der Waals surface area contributed by atoms with E-state index in [4.69, 9.17) is 14.2 Å². The van der Waals surface area contributed by atoms with Crippen molar-refractivity contribution < 1.29 is 19.0 Å². The molecule has 0 aromatic carbocycles. The SMILES string of the molecule is CCOC1CCCC(COCC(C)=O)O1. The Morgan fingerprint density at radius 1 is 1.47 bits per heavy atom. The third kappa shape index (κ3) is 5.25. The molecule has 2 unspecified atom stereocenters. The van der Waals surface area contributed by atoms with Crippen molar-refractivity contribution in [3.8, 4) is 0 Å². The molecule has 0 aliphatic carbocycles. The number of carbonyl (C=O) groups is 1. The van der Waals surface area contributed by atoms with Crippen molar-refractivity contribution >= 4 is 5.78 Å². The first-order valence-corrected chi connectivity index (χ1v) is 5.56. The van der Waals surface area contributed by atoms with Crippen molar-refractivity contribution in [2.45, 2.75) is 45.5 Å². The molecule has 0 N–H and O–H groups in total. The maximum Gasteiger partial charge on any atom is 0.158 e. The monoisotopic (exact) mass is 216 g/mol. The average molecular weight is 216 g/mol. The van der Waals surface area contributed by atoms with E-state index in [0.717, 1.165) is 19.3 Å². The molecule has 1 aliphatic rings. The van der Waals surface area contributed by atoms with Crippen LogP contribution in [-0.2, 0) is 19.0 Å². The summed E-state index contributed by atoms with van der Waals surface area (Å²) in [6.45, 7) is 4.82. The van der Waals surface area contributed by atoms with Gasteiger partial charge in [-0.1, -0.05) is 0 Å². The predicted molar refractivity (Wildman–Crippen MR) is 55.6 cm³/mol. The van der Waals surface area contributed by atoms with Crippen LogP contribution in [0.4, 0.5) is 0 Å². The Morgan fingerprint density at radius 3 is 2.93 bits per heavy atom. The zero-order valence-electron chi connectivity index (χ0n) is 9.53. The first-order valence-electron chi connectivity index (χ1n) is 5.56. The summed E-state index contributed by atoms with van der Waals surface area (Å²) in [6, 6.07) is 0. The lowest BCUT2D eigenvalue weighted by molar-refractivity contribution is -0.202. The molecule has 0 bridgehead atoms. The van der Waals surface area contributed by atoms with Crippen LogP contribution < -0.4 is 0 Å². The predicted octanol–water partition coefficient (Wildman–Crippen LogP) is 1.52. The third-order valence-electron chi connectivity index (χ3n) is 2.27. The lowest BCUT2D eigenvalue weighted by atomic mass is 10.1. The van der Waals surface area contributed by atoms with Crippen LogP contribution in [0.1, 0.15) is 33.1 Å². The second-order valence-corrected chi connectivity index (χ2v) is 3.79. The summed E-state index contributed by atoms with van der Waals surface area (Å²) in [5.74, 6) is 0.0483. The molecule has 1 saturated heterocycles. The van der Waals surface area contributed by atoms with Crippen LogP contribution in [0.25, 0.3) is 0 Å². The number of carbonyl (C=O) groups excluding carboxylic acids is 1. The summed E-state index contributed by atoms with van der Waals surface area (Å²) in [4.78, 5) is 10.7. The lowest BCUT2D eigenvalue weighted by Gasteiger charge is -2.29. The van der Waals surface area contributed by atoms with Gasteiger partial charge in [-0.3, -0.25) is 4.79 Å². The van der Waals surface area contributed by atoms with Gasteiger partial charge in [0.15, 0.2) is 12.1 Å². The molecule has 1 rings (SSSR count).